The molecule has 2 N–H and O–H groups in total. The highest BCUT2D eigenvalue weighted by atomic mass is 16.5. The zero-order valence-electron chi connectivity index (χ0n) is 21.1. The Labute approximate surface area is 202 Å². The van der Waals surface area contributed by atoms with Crippen molar-refractivity contribution in [2.24, 2.45) is 0 Å². The molecule has 0 aliphatic carbocycles. The van der Waals surface area contributed by atoms with E-state index in [1.165, 1.54) is 4.90 Å². The average Bonchev–Trinajstić information content (AvgIpc) is 2.77. The van der Waals surface area contributed by atoms with E-state index in [-0.39, 0.29) is 30.8 Å². The minimum absolute atomic E-state index is 0.00485. The van der Waals surface area contributed by atoms with Gasteiger partial charge in [-0.3, -0.25) is 9.80 Å². The molecule has 1 aromatic carbocycles. The number of rotatable bonds is 6. The fourth-order valence-corrected chi connectivity index (χ4v) is 4.43. The molecule has 0 radical (unpaired) electrons. The van der Waals surface area contributed by atoms with Gasteiger partial charge in [0, 0.05) is 51.0 Å². The van der Waals surface area contributed by atoms with Crippen molar-refractivity contribution in [3.05, 3.63) is 46.7 Å². The summed E-state index contributed by atoms with van der Waals surface area (Å²) in [6.45, 7) is 12.2. The maximum Gasteiger partial charge on any atom is 0.338 e. The largest absolute Gasteiger partial charge is 0.463 e. The molecule has 4 amide bonds. The summed E-state index contributed by atoms with van der Waals surface area (Å²) in [5.41, 5.74) is 3.00. The standard InChI is InChI=1S/C25H37N5O4/c1-7-34-23(31)21-20(15-29-12-13-30(18(5)14-29)25(33)26-16(2)3)28(6)24(32)27-22(21)19-10-8-17(4)9-11-19/h8-11,16,18,22H,7,12-15H2,1-6H3,(H,26,33)(H,27,32)/t18-,22-/m0/s1. The van der Waals surface area contributed by atoms with Crippen LogP contribution in [0.4, 0.5) is 9.59 Å². The van der Waals surface area contributed by atoms with Crippen LogP contribution in [0.15, 0.2) is 35.5 Å². The molecule has 1 aromatic rings. The van der Waals surface area contributed by atoms with Crippen molar-refractivity contribution in [3.8, 4) is 0 Å². The minimum atomic E-state index is -0.589. The Morgan fingerprint density at radius 2 is 1.88 bits per heavy atom. The Morgan fingerprint density at radius 1 is 1.21 bits per heavy atom. The van der Waals surface area contributed by atoms with Gasteiger partial charge in [-0.25, -0.2) is 14.4 Å². The molecule has 0 spiro atoms. The second-order valence-electron chi connectivity index (χ2n) is 9.31. The molecule has 186 valence electrons. The van der Waals surface area contributed by atoms with Gasteiger partial charge in [-0.05, 0) is 40.2 Å². The normalized spacial score (nSPS) is 21.6. The number of nitrogens with zero attached hydrogens (tertiary/aromatic N) is 3. The van der Waals surface area contributed by atoms with Gasteiger partial charge in [-0.2, -0.15) is 0 Å². The topological polar surface area (TPSA) is 94.2 Å². The summed E-state index contributed by atoms with van der Waals surface area (Å²) in [5.74, 6) is -0.432. The zero-order chi connectivity index (χ0) is 25.0. The first-order valence-corrected chi connectivity index (χ1v) is 11.9. The number of likely N-dealkylation sites (N-methyl/N-ethyl adjacent to an activating group) is 1. The van der Waals surface area contributed by atoms with Crippen molar-refractivity contribution in [3.63, 3.8) is 0 Å². The summed E-state index contributed by atoms with van der Waals surface area (Å²) in [5, 5.41) is 5.91. The second-order valence-corrected chi connectivity index (χ2v) is 9.31. The van der Waals surface area contributed by atoms with Crippen LogP contribution in [0, 0.1) is 6.92 Å². The van der Waals surface area contributed by atoms with E-state index in [4.69, 9.17) is 4.74 Å². The molecule has 0 saturated carbocycles. The first-order valence-electron chi connectivity index (χ1n) is 11.9. The molecule has 0 unspecified atom stereocenters. The Morgan fingerprint density at radius 3 is 2.47 bits per heavy atom. The number of carbonyl (C=O) groups excluding carboxylic acids is 3. The number of esters is 1. The molecule has 1 saturated heterocycles. The van der Waals surface area contributed by atoms with Crippen LogP contribution in [0.2, 0.25) is 0 Å². The van der Waals surface area contributed by atoms with E-state index in [9.17, 15) is 14.4 Å². The summed E-state index contributed by atoms with van der Waals surface area (Å²) >= 11 is 0. The van der Waals surface area contributed by atoms with Crippen LogP contribution >= 0.6 is 0 Å². The molecule has 9 nitrogen and oxygen atoms in total. The lowest BCUT2D eigenvalue weighted by atomic mass is 9.93. The number of nitrogens with one attached hydrogen (secondary N) is 2. The smallest absolute Gasteiger partial charge is 0.338 e. The predicted octanol–water partition coefficient (Wildman–Crippen LogP) is 2.63. The molecular weight excluding hydrogens is 434 g/mol. The zero-order valence-corrected chi connectivity index (χ0v) is 21.1. The summed E-state index contributed by atoms with van der Waals surface area (Å²) in [6.07, 6.45) is 0. The highest BCUT2D eigenvalue weighted by Crippen LogP contribution is 2.32. The van der Waals surface area contributed by atoms with Gasteiger partial charge in [0.1, 0.15) is 0 Å². The first-order chi connectivity index (χ1) is 16.1. The molecule has 0 aromatic heterocycles. The van der Waals surface area contributed by atoms with Crippen LogP contribution in [-0.2, 0) is 9.53 Å². The van der Waals surface area contributed by atoms with Crippen molar-refractivity contribution < 1.29 is 19.1 Å². The lowest BCUT2D eigenvalue weighted by molar-refractivity contribution is -0.139. The molecule has 34 heavy (non-hydrogen) atoms. The van der Waals surface area contributed by atoms with Crippen LogP contribution in [-0.4, -0.2) is 84.6 Å². The molecule has 2 atom stereocenters. The monoisotopic (exact) mass is 471 g/mol. The molecule has 3 rings (SSSR count). The van der Waals surface area contributed by atoms with Crippen molar-refractivity contribution in [1.29, 1.82) is 0 Å². The van der Waals surface area contributed by atoms with Gasteiger partial charge in [-0.15, -0.1) is 0 Å². The van der Waals surface area contributed by atoms with Crippen LogP contribution < -0.4 is 10.6 Å². The molecule has 1 fully saturated rings. The Balaban J connectivity index is 1.89. The molecule has 9 heteroatoms. The SMILES string of the molecule is CCOC(=O)C1=C(CN2CCN(C(=O)NC(C)C)[C@@H](C)C2)N(C)C(=O)N[C@H]1c1ccc(C)cc1. The molecule has 0 bridgehead atoms. The summed E-state index contributed by atoms with van der Waals surface area (Å²) < 4.78 is 5.41. The number of hydrogen-bond donors (Lipinski definition) is 2. The van der Waals surface area contributed by atoms with Crippen molar-refractivity contribution in [1.82, 2.24) is 25.3 Å². The Hall–Kier alpha value is -3.07. The third kappa shape index (κ3) is 5.70. The highest BCUT2D eigenvalue weighted by molar-refractivity contribution is 5.95. The van der Waals surface area contributed by atoms with Crippen LogP contribution in [0.1, 0.15) is 44.9 Å². The second kappa shape index (κ2) is 10.9. The van der Waals surface area contributed by atoms with Gasteiger partial charge in [0.05, 0.1) is 18.2 Å². The molecule has 2 aliphatic rings. The quantitative estimate of drug-likeness (QED) is 0.622. The summed E-state index contributed by atoms with van der Waals surface area (Å²) in [6, 6.07) is 6.93. The van der Waals surface area contributed by atoms with Crippen molar-refractivity contribution in [2.45, 2.75) is 52.7 Å². The maximum atomic E-state index is 13.1. The van der Waals surface area contributed by atoms with E-state index in [1.807, 2.05) is 56.9 Å². The molecule has 2 aliphatic heterocycles. The predicted molar refractivity (Wildman–Crippen MR) is 130 cm³/mol. The van der Waals surface area contributed by atoms with E-state index in [2.05, 4.69) is 15.5 Å². The van der Waals surface area contributed by atoms with Gasteiger partial charge >= 0.3 is 18.0 Å². The number of aryl methyl sites for hydroxylation is 1. The first kappa shape index (κ1) is 25.6. The van der Waals surface area contributed by atoms with Crippen LogP contribution in [0.25, 0.3) is 0 Å². The van der Waals surface area contributed by atoms with E-state index < -0.39 is 12.0 Å². The maximum absolute atomic E-state index is 13.1. The lowest BCUT2D eigenvalue weighted by Crippen LogP contribution is -2.58. The van der Waals surface area contributed by atoms with Crippen LogP contribution in [0.3, 0.4) is 0 Å². The van der Waals surface area contributed by atoms with E-state index >= 15 is 0 Å². The highest BCUT2D eigenvalue weighted by Gasteiger charge is 2.38. The number of amides is 4. The van der Waals surface area contributed by atoms with Gasteiger partial charge in [-0.1, -0.05) is 29.8 Å². The van der Waals surface area contributed by atoms with Crippen LogP contribution in [0.5, 0.6) is 0 Å². The fourth-order valence-electron chi connectivity index (χ4n) is 4.43. The van der Waals surface area contributed by atoms with Gasteiger partial charge in [0.2, 0.25) is 0 Å². The third-order valence-electron chi connectivity index (χ3n) is 6.24. The number of urea groups is 2. The summed E-state index contributed by atoms with van der Waals surface area (Å²) in [4.78, 5) is 44.0. The van der Waals surface area contributed by atoms with Gasteiger partial charge < -0.3 is 20.3 Å². The number of benzene rings is 1. The number of ether oxygens (including phenoxy) is 1. The number of piperazine rings is 1. The van der Waals surface area contributed by atoms with Gasteiger partial charge in [0.25, 0.3) is 0 Å². The average molecular weight is 472 g/mol. The van der Waals surface area contributed by atoms with Crippen molar-refractivity contribution >= 4 is 18.0 Å². The Bertz CT molecular complexity index is 943. The minimum Gasteiger partial charge on any atom is -0.463 e. The molecule has 2 heterocycles. The molecular formula is C25H37N5O4. The number of hydrogen-bond acceptors (Lipinski definition) is 5. The Kier molecular flexibility index (Phi) is 8.19. The van der Waals surface area contributed by atoms with E-state index in [0.717, 1.165) is 11.1 Å². The van der Waals surface area contributed by atoms with Crippen molar-refractivity contribution in [2.75, 3.05) is 39.8 Å². The van der Waals surface area contributed by atoms with E-state index in [0.29, 0.717) is 37.4 Å². The fraction of sp³-hybridized carbons (Fsp3) is 0.560. The van der Waals surface area contributed by atoms with Gasteiger partial charge in [0.15, 0.2) is 0 Å². The summed E-state index contributed by atoms with van der Waals surface area (Å²) in [7, 11) is 1.67. The third-order valence-corrected chi connectivity index (χ3v) is 6.24. The lowest BCUT2D eigenvalue weighted by Gasteiger charge is -2.42. The number of carbonyl (C=O) groups is 3. The van der Waals surface area contributed by atoms with E-state index in [1.54, 1.807) is 14.0 Å².